The highest BCUT2D eigenvalue weighted by atomic mass is 35.5. The predicted octanol–water partition coefficient (Wildman–Crippen LogP) is 4.10. The van der Waals surface area contributed by atoms with Gasteiger partial charge in [-0.05, 0) is 42.3 Å². The summed E-state index contributed by atoms with van der Waals surface area (Å²) < 4.78 is 5.13. The van der Waals surface area contributed by atoms with Crippen molar-refractivity contribution in [3.8, 4) is 11.1 Å². The molecule has 0 aliphatic carbocycles. The molecule has 0 unspecified atom stereocenters. The molecule has 90 valence electrons. The van der Waals surface area contributed by atoms with Crippen molar-refractivity contribution in [2.75, 3.05) is 6.54 Å². The van der Waals surface area contributed by atoms with E-state index in [0.29, 0.717) is 0 Å². The molecule has 2 nitrogen and oxygen atoms in total. The van der Waals surface area contributed by atoms with Gasteiger partial charge in [0.05, 0.1) is 12.5 Å². The number of furan rings is 1. The van der Waals surface area contributed by atoms with Crippen LogP contribution in [-0.4, -0.2) is 6.54 Å². The number of rotatable bonds is 5. The summed E-state index contributed by atoms with van der Waals surface area (Å²) in [6.07, 6.45) is 4.56. The second-order valence-electron chi connectivity index (χ2n) is 3.99. The van der Waals surface area contributed by atoms with E-state index in [0.717, 1.165) is 35.7 Å². The average molecular weight is 250 g/mol. The van der Waals surface area contributed by atoms with Gasteiger partial charge in [0.25, 0.3) is 0 Å². The Morgan fingerprint density at radius 1 is 1.29 bits per heavy atom. The Morgan fingerprint density at radius 3 is 2.88 bits per heavy atom. The molecule has 3 heteroatoms. The summed E-state index contributed by atoms with van der Waals surface area (Å²) >= 11 is 6.04. The molecule has 0 atom stereocenters. The summed E-state index contributed by atoms with van der Waals surface area (Å²) in [5.74, 6) is 0. The lowest BCUT2D eigenvalue weighted by Gasteiger charge is -2.09. The molecule has 17 heavy (non-hydrogen) atoms. The number of halogens is 1. The molecule has 0 amide bonds. The molecule has 1 heterocycles. The molecule has 0 saturated carbocycles. The Morgan fingerprint density at radius 2 is 2.18 bits per heavy atom. The Kier molecular flexibility index (Phi) is 4.24. The fourth-order valence-corrected chi connectivity index (χ4v) is 1.96. The molecule has 0 spiro atoms. The van der Waals surface area contributed by atoms with Gasteiger partial charge in [0, 0.05) is 17.1 Å². The van der Waals surface area contributed by atoms with Gasteiger partial charge in [-0.15, -0.1) is 0 Å². The summed E-state index contributed by atoms with van der Waals surface area (Å²) in [4.78, 5) is 0. The van der Waals surface area contributed by atoms with E-state index in [-0.39, 0.29) is 0 Å². The molecule has 0 aliphatic heterocycles. The molecule has 0 radical (unpaired) electrons. The van der Waals surface area contributed by atoms with Crippen molar-refractivity contribution in [3.05, 3.63) is 47.4 Å². The largest absolute Gasteiger partial charge is 0.472 e. The van der Waals surface area contributed by atoms with E-state index in [1.54, 1.807) is 12.5 Å². The van der Waals surface area contributed by atoms with Crippen LogP contribution in [0, 0.1) is 0 Å². The zero-order chi connectivity index (χ0) is 12.1. The van der Waals surface area contributed by atoms with Gasteiger partial charge in [-0.1, -0.05) is 24.6 Å². The normalized spacial score (nSPS) is 10.7. The Balaban J connectivity index is 2.25. The highest BCUT2D eigenvalue weighted by molar-refractivity contribution is 6.30. The van der Waals surface area contributed by atoms with Crippen LogP contribution in [-0.2, 0) is 6.54 Å². The van der Waals surface area contributed by atoms with E-state index in [1.165, 1.54) is 5.56 Å². The van der Waals surface area contributed by atoms with E-state index in [4.69, 9.17) is 16.0 Å². The van der Waals surface area contributed by atoms with Crippen molar-refractivity contribution < 1.29 is 4.42 Å². The van der Waals surface area contributed by atoms with Crippen LogP contribution in [0.3, 0.4) is 0 Å². The Labute approximate surface area is 107 Å². The summed E-state index contributed by atoms with van der Waals surface area (Å²) in [6.45, 7) is 4.03. The fourth-order valence-electron chi connectivity index (χ4n) is 1.79. The van der Waals surface area contributed by atoms with Crippen molar-refractivity contribution >= 4 is 11.6 Å². The first kappa shape index (κ1) is 12.2. The third-order valence-electron chi connectivity index (χ3n) is 2.65. The minimum atomic E-state index is 0.750. The average Bonchev–Trinajstić information content (AvgIpc) is 2.85. The van der Waals surface area contributed by atoms with E-state index in [9.17, 15) is 0 Å². The number of nitrogens with one attached hydrogen (secondary N) is 1. The van der Waals surface area contributed by atoms with Gasteiger partial charge in [0.15, 0.2) is 0 Å². The van der Waals surface area contributed by atoms with E-state index >= 15 is 0 Å². The zero-order valence-electron chi connectivity index (χ0n) is 9.87. The van der Waals surface area contributed by atoms with Gasteiger partial charge >= 0.3 is 0 Å². The van der Waals surface area contributed by atoms with Crippen LogP contribution in [0.2, 0.25) is 5.02 Å². The molecule has 1 aromatic carbocycles. The van der Waals surface area contributed by atoms with Gasteiger partial charge in [0.1, 0.15) is 0 Å². The summed E-state index contributed by atoms with van der Waals surface area (Å²) in [7, 11) is 0. The third-order valence-corrected chi connectivity index (χ3v) is 2.88. The first-order valence-corrected chi connectivity index (χ1v) is 6.20. The number of benzene rings is 1. The van der Waals surface area contributed by atoms with Crippen molar-refractivity contribution in [1.82, 2.24) is 5.32 Å². The van der Waals surface area contributed by atoms with Gasteiger partial charge < -0.3 is 9.73 Å². The van der Waals surface area contributed by atoms with Crippen LogP contribution in [0.15, 0.2) is 41.2 Å². The van der Waals surface area contributed by atoms with Crippen molar-refractivity contribution in [2.45, 2.75) is 19.9 Å². The van der Waals surface area contributed by atoms with Crippen molar-refractivity contribution in [1.29, 1.82) is 0 Å². The van der Waals surface area contributed by atoms with Crippen molar-refractivity contribution in [2.24, 2.45) is 0 Å². The molecule has 2 rings (SSSR count). The maximum absolute atomic E-state index is 6.04. The van der Waals surface area contributed by atoms with Gasteiger partial charge in [0.2, 0.25) is 0 Å². The van der Waals surface area contributed by atoms with E-state index < -0.39 is 0 Å². The highest BCUT2D eigenvalue weighted by Crippen LogP contribution is 2.27. The minimum absolute atomic E-state index is 0.750. The van der Waals surface area contributed by atoms with Crippen LogP contribution >= 0.6 is 11.6 Å². The van der Waals surface area contributed by atoms with Crippen LogP contribution < -0.4 is 5.32 Å². The molecule has 1 N–H and O–H groups in total. The smallest absolute Gasteiger partial charge is 0.0981 e. The monoisotopic (exact) mass is 249 g/mol. The maximum Gasteiger partial charge on any atom is 0.0981 e. The maximum atomic E-state index is 6.04. The first-order valence-electron chi connectivity index (χ1n) is 5.83. The summed E-state index contributed by atoms with van der Waals surface area (Å²) in [5, 5.41) is 4.15. The highest BCUT2D eigenvalue weighted by Gasteiger charge is 2.06. The minimum Gasteiger partial charge on any atom is -0.472 e. The standard InChI is InChI=1S/C14H16ClNO/c1-2-6-16-9-11-3-4-13(15)8-14(11)12-5-7-17-10-12/h3-5,7-8,10,16H,2,6,9H2,1H3. The molecule has 2 aromatic rings. The van der Waals surface area contributed by atoms with Crippen LogP contribution in [0.1, 0.15) is 18.9 Å². The lowest BCUT2D eigenvalue weighted by molar-refractivity contribution is 0.568. The van der Waals surface area contributed by atoms with Gasteiger partial charge in [-0.3, -0.25) is 0 Å². The fraction of sp³-hybridized carbons (Fsp3) is 0.286. The second kappa shape index (κ2) is 5.89. The SMILES string of the molecule is CCCNCc1ccc(Cl)cc1-c1ccoc1. The van der Waals surface area contributed by atoms with E-state index in [2.05, 4.69) is 18.3 Å². The summed E-state index contributed by atoms with van der Waals surface area (Å²) in [6, 6.07) is 7.92. The molecule has 0 bridgehead atoms. The molecule has 0 saturated heterocycles. The Hall–Kier alpha value is -1.25. The summed E-state index contributed by atoms with van der Waals surface area (Å²) in [5.41, 5.74) is 3.44. The Bertz CT molecular complexity index is 465. The van der Waals surface area contributed by atoms with Crippen LogP contribution in [0.5, 0.6) is 0 Å². The topological polar surface area (TPSA) is 25.2 Å². The van der Waals surface area contributed by atoms with Crippen molar-refractivity contribution in [3.63, 3.8) is 0 Å². The molecule has 0 aliphatic rings. The second-order valence-corrected chi connectivity index (χ2v) is 4.43. The number of hydrogen-bond donors (Lipinski definition) is 1. The third kappa shape index (κ3) is 3.11. The van der Waals surface area contributed by atoms with Gasteiger partial charge in [-0.25, -0.2) is 0 Å². The molecule has 0 fully saturated rings. The lowest BCUT2D eigenvalue weighted by Crippen LogP contribution is -2.14. The van der Waals surface area contributed by atoms with E-state index in [1.807, 2.05) is 18.2 Å². The first-order chi connectivity index (χ1) is 8.31. The molecular weight excluding hydrogens is 234 g/mol. The van der Waals surface area contributed by atoms with Crippen LogP contribution in [0.25, 0.3) is 11.1 Å². The predicted molar refractivity (Wildman–Crippen MR) is 71.2 cm³/mol. The zero-order valence-corrected chi connectivity index (χ0v) is 10.6. The lowest BCUT2D eigenvalue weighted by atomic mass is 10.0. The van der Waals surface area contributed by atoms with Crippen LogP contribution in [0.4, 0.5) is 0 Å². The van der Waals surface area contributed by atoms with Gasteiger partial charge in [-0.2, -0.15) is 0 Å². The quantitative estimate of drug-likeness (QED) is 0.807. The number of hydrogen-bond acceptors (Lipinski definition) is 2. The molecule has 1 aromatic heterocycles. The molecular formula is C14H16ClNO.